The molecule has 0 aromatic rings. The van der Waals surface area contributed by atoms with Crippen LogP contribution in [0.25, 0.3) is 0 Å². The SMILES string of the molecule is C[C@@H](N)C(=O)N1CCC(C(N)C2CC(Cl)C(Cl)CC2O)CC1. The number of aliphatic hydroxyl groups excluding tert-OH is 1. The molecule has 5 N–H and O–H groups in total. The Morgan fingerprint density at radius 3 is 2.27 bits per heavy atom. The van der Waals surface area contributed by atoms with Gasteiger partial charge in [0.05, 0.1) is 22.9 Å². The largest absolute Gasteiger partial charge is 0.393 e. The summed E-state index contributed by atoms with van der Waals surface area (Å²) in [6, 6.07) is -0.559. The van der Waals surface area contributed by atoms with Crippen LogP contribution in [0.4, 0.5) is 0 Å². The van der Waals surface area contributed by atoms with Gasteiger partial charge in [0, 0.05) is 25.0 Å². The number of carbonyl (C=O) groups excluding carboxylic acids is 1. The van der Waals surface area contributed by atoms with E-state index in [0.29, 0.717) is 31.8 Å². The van der Waals surface area contributed by atoms with E-state index in [0.717, 1.165) is 12.8 Å². The lowest BCUT2D eigenvalue weighted by atomic mass is 9.74. The molecule has 128 valence electrons. The van der Waals surface area contributed by atoms with E-state index in [9.17, 15) is 9.90 Å². The average molecular weight is 352 g/mol. The molecule has 0 aromatic carbocycles. The number of carbonyl (C=O) groups is 1. The van der Waals surface area contributed by atoms with Crippen LogP contribution >= 0.6 is 23.2 Å². The van der Waals surface area contributed by atoms with Crippen LogP contribution in [0.1, 0.15) is 32.6 Å². The molecule has 6 atom stereocenters. The molecular weight excluding hydrogens is 325 g/mol. The van der Waals surface area contributed by atoms with Crippen LogP contribution in [0, 0.1) is 11.8 Å². The normalized spacial score (nSPS) is 36.9. The van der Waals surface area contributed by atoms with Crippen molar-refractivity contribution in [2.75, 3.05) is 13.1 Å². The highest BCUT2D eigenvalue weighted by Crippen LogP contribution is 2.36. The van der Waals surface area contributed by atoms with Crippen molar-refractivity contribution in [1.29, 1.82) is 0 Å². The van der Waals surface area contributed by atoms with Crippen LogP contribution in [-0.2, 0) is 4.79 Å². The lowest BCUT2D eigenvalue weighted by Gasteiger charge is -2.42. The van der Waals surface area contributed by atoms with Crippen LogP contribution in [0.3, 0.4) is 0 Å². The van der Waals surface area contributed by atoms with Gasteiger partial charge in [-0.05, 0) is 38.5 Å². The van der Waals surface area contributed by atoms with E-state index in [2.05, 4.69) is 0 Å². The number of piperidine rings is 1. The van der Waals surface area contributed by atoms with Gasteiger partial charge in [-0.25, -0.2) is 0 Å². The molecule has 7 heteroatoms. The van der Waals surface area contributed by atoms with E-state index >= 15 is 0 Å². The summed E-state index contributed by atoms with van der Waals surface area (Å²) in [6.45, 7) is 3.08. The number of nitrogens with zero attached hydrogens (tertiary/aromatic N) is 1. The summed E-state index contributed by atoms with van der Waals surface area (Å²) in [6.07, 6.45) is 2.35. The van der Waals surface area contributed by atoms with Crippen molar-refractivity contribution in [2.24, 2.45) is 23.3 Å². The summed E-state index contributed by atoms with van der Waals surface area (Å²) >= 11 is 12.4. The molecule has 2 aliphatic rings. The van der Waals surface area contributed by atoms with Crippen LogP contribution in [0.5, 0.6) is 0 Å². The Kier molecular flexibility index (Phi) is 6.37. The highest BCUT2D eigenvalue weighted by atomic mass is 35.5. The van der Waals surface area contributed by atoms with Crippen LogP contribution in [0.15, 0.2) is 0 Å². The molecule has 1 aliphatic carbocycles. The molecule has 5 unspecified atom stereocenters. The van der Waals surface area contributed by atoms with Crippen molar-refractivity contribution < 1.29 is 9.90 Å². The number of likely N-dealkylation sites (tertiary alicyclic amines) is 1. The summed E-state index contributed by atoms with van der Waals surface area (Å²) in [5, 5.41) is 9.94. The molecule has 2 fully saturated rings. The molecule has 1 amide bonds. The maximum atomic E-state index is 11.9. The predicted molar refractivity (Wildman–Crippen MR) is 88.9 cm³/mol. The van der Waals surface area contributed by atoms with Gasteiger partial charge in [0.1, 0.15) is 0 Å². The van der Waals surface area contributed by atoms with Gasteiger partial charge in [-0.15, -0.1) is 23.2 Å². The number of nitrogens with two attached hydrogens (primary N) is 2. The van der Waals surface area contributed by atoms with E-state index in [4.69, 9.17) is 34.7 Å². The third kappa shape index (κ3) is 4.06. The average Bonchev–Trinajstić information content (AvgIpc) is 2.49. The second-order valence-electron chi connectivity index (χ2n) is 6.76. The number of rotatable bonds is 3. The number of hydrogen-bond donors (Lipinski definition) is 3. The molecule has 0 bridgehead atoms. The summed E-state index contributed by atoms with van der Waals surface area (Å²) < 4.78 is 0. The molecule has 0 radical (unpaired) electrons. The summed E-state index contributed by atoms with van der Waals surface area (Å²) in [5.74, 6) is 0.279. The van der Waals surface area contributed by atoms with Gasteiger partial charge in [0.2, 0.25) is 5.91 Å². The molecule has 5 nitrogen and oxygen atoms in total. The standard InChI is InChI=1S/C15H27Cl2N3O2/c1-8(18)15(22)20-4-2-9(3-5-20)14(19)10-6-11(16)12(17)7-13(10)21/h8-14,21H,2-7,18-19H2,1H3/t8-,10?,11?,12?,13?,14?/m1/s1. The zero-order valence-electron chi connectivity index (χ0n) is 13.0. The first kappa shape index (κ1) is 18.3. The molecule has 1 heterocycles. The molecule has 1 saturated heterocycles. The monoisotopic (exact) mass is 351 g/mol. The first-order valence-electron chi connectivity index (χ1n) is 8.07. The Morgan fingerprint density at radius 2 is 1.73 bits per heavy atom. The van der Waals surface area contributed by atoms with Gasteiger partial charge in [-0.2, -0.15) is 0 Å². The Morgan fingerprint density at radius 1 is 1.18 bits per heavy atom. The number of amides is 1. The first-order valence-corrected chi connectivity index (χ1v) is 8.94. The minimum absolute atomic E-state index is 0.00414. The number of alkyl halides is 2. The molecule has 0 aromatic heterocycles. The fraction of sp³-hybridized carbons (Fsp3) is 0.933. The van der Waals surface area contributed by atoms with Crippen LogP contribution in [0.2, 0.25) is 0 Å². The van der Waals surface area contributed by atoms with E-state index in [1.165, 1.54) is 0 Å². The van der Waals surface area contributed by atoms with E-state index in [1.54, 1.807) is 6.92 Å². The lowest BCUT2D eigenvalue weighted by molar-refractivity contribution is -0.133. The van der Waals surface area contributed by atoms with Crippen molar-refractivity contribution in [3.05, 3.63) is 0 Å². The van der Waals surface area contributed by atoms with Crippen LogP contribution < -0.4 is 11.5 Å². The molecule has 2 rings (SSSR count). The van der Waals surface area contributed by atoms with Gasteiger partial charge in [0.15, 0.2) is 0 Å². The first-order chi connectivity index (χ1) is 10.3. The Labute approximate surface area is 142 Å². The number of hydrogen-bond acceptors (Lipinski definition) is 4. The highest BCUT2D eigenvalue weighted by molar-refractivity contribution is 6.30. The van der Waals surface area contributed by atoms with Gasteiger partial charge >= 0.3 is 0 Å². The van der Waals surface area contributed by atoms with Gasteiger partial charge in [-0.3, -0.25) is 4.79 Å². The minimum Gasteiger partial charge on any atom is -0.393 e. The maximum Gasteiger partial charge on any atom is 0.239 e. The number of halogens is 2. The zero-order valence-corrected chi connectivity index (χ0v) is 14.5. The van der Waals surface area contributed by atoms with Crippen molar-refractivity contribution in [3.63, 3.8) is 0 Å². The smallest absolute Gasteiger partial charge is 0.239 e. The van der Waals surface area contributed by atoms with Gasteiger partial charge < -0.3 is 21.5 Å². The predicted octanol–water partition coefficient (Wildman–Crippen LogP) is 0.885. The van der Waals surface area contributed by atoms with Crippen molar-refractivity contribution in [2.45, 2.75) is 61.5 Å². The second-order valence-corrected chi connectivity index (χ2v) is 7.88. The number of aliphatic hydroxyl groups is 1. The van der Waals surface area contributed by atoms with Gasteiger partial charge in [-0.1, -0.05) is 0 Å². The molecule has 22 heavy (non-hydrogen) atoms. The fourth-order valence-electron chi connectivity index (χ4n) is 3.67. The highest BCUT2D eigenvalue weighted by Gasteiger charge is 2.40. The fourth-order valence-corrected chi connectivity index (χ4v) is 4.27. The maximum absolute atomic E-state index is 11.9. The Hall–Kier alpha value is -0.0700. The lowest BCUT2D eigenvalue weighted by Crippen LogP contribution is -2.53. The molecular formula is C15H27Cl2N3O2. The molecule has 1 saturated carbocycles. The topological polar surface area (TPSA) is 92.6 Å². The molecule has 0 spiro atoms. The van der Waals surface area contributed by atoms with Crippen LogP contribution in [-0.4, -0.2) is 57.9 Å². The Bertz CT molecular complexity index is 389. The minimum atomic E-state index is -0.490. The molecule has 1 aliphatic heterocycles. The Balaban J connectivity index is 1.89. The van der Waals surface area contributed by atoms with Crippen molar-refractivity contribution in [3.8, 4) is 0 Å². The summed E-state index contributed by atoms with van der Waals surface area (Å²) in [4.78, 5) is 13.7. The zero-order chi connectivity index (χ0) is 16.4. The van der Waals surface area contributed by atoms with Crippen molar-refractivity contribution >= 4 is 29.1 Å². The second kappa shape index (κ2) is 7.67. The third-order valence-corrected chi connectivity index (χ3v) is 6.22. The van der Waals surface area contributed by atoms with E-state index in [1.807, 2.05) is 4.90 Å². The summed E-state index contributed by atoms with van der Waals surface area (Å²) in [7, 11) is 0. The summed E-state index contributed by atoms with van der Waals surface area (Å²) in [5.41, 5.74) is 12.1. The van der Waals surface area contributed by atoms with Gasteiger partial charge in [0.25, 0.3) is 0 Å². The quantitative estimate of drug-likeness (QED) is 0.658. The van der Waals surface area contributed by atoms with E-state index < -0.39 is 12.1 Å². The van der Waals surface area contributed by atoms with Crippen molar-refractivity contribution in [1.82, 2.24) is 4.90 Å². The van der Waals surface area contributed by atoms with E-state index in [-0.39, 0.29) is 28.6 Å². The third-order valence-electron chi connectivity index (χ3n) is 5.13.